The first-order valence-electron chi connectivity index (χ1n) is 9.97. The maximum atomic E-state index is 13.1. The number of aryl methyl sites for hydroxylation is 1. The highest BCUT2D eigenvalue weighted by atomic mass is 16.3. The molecule has 2 aromatic heterocycles. The lowest BCUT2D eigenvalue weighted by Crippen LogP contribution is -2.30. The highest BCUT2D eigenvalue weighted by Gasteiger charge is 2.49. The zero-order chi connectivity index (χ0) is 21.5. The molecule has 0 spiro atoms. The summed E-state index contributed by atoms with van der Waals surface area (Å²) in [5, 5.41) is 11.1. The van der Waals surface area contributed by atoms with Crippen LogP contribution in [0.5, 0.6) is 0 Å². The third kappa shape index (κ3) is 3.02. The van der Waals surface area contributed by atoms with Gasteiger partial charge in [0.25, 0.3) is 5.78 Å². The lowest BCUT2D eigenvalue weighted by molar-refractivity contribution is -0.132. The lowest BCUT2D eigenvalue weighted by atomic mass is 9.98. The Morgan fingerprint density at radius 3 is 2.55 bits per heavy atom. The summed E-state index contributed by atoms with van der Waals surface area (Å²) in [5.41, 5.74) is 2.91. The normalized spacial score (nSPS) is 18.2. The van der Waals surface area contributed by atoms with Crippen LogP contribution < -0.4 is 4.90 Å². The number of nitrogens with one attached hydrogen (secondary N) is 1. The Morgan fingerprint density at radius 1 is 1.10 bits per heavy atom. The Labute approximate surface area is 177 Å². The molecule has 0 bridgehead atoms. The standard InChI is InChI=1S/C24H19N3O4/c1-2-14-9-11-15(12-10-14)21(28)19-20(18-8-5-13-31-18)27(23(30)22(19)29)24-25-16-6-3-4-7-17(16)26-24/h3-13,20,28H,2H2,1H3,(H,25,26)/b21-19+. The zero-order valence-corrected chi connectivity index (χ0v) is 16.7. The molecule has 1 unspecified atom stereocenters. The highest BCUT2D eigenvalue weighted by molar-refractivity contribution is 6.51. The van der Waals surface area contributed by atoms with E-state index in [0.717, 1.165) is 17.5 Å². The average molecular weight is 413 g/mol. The first-order valence-corrected chi connectivity index (χ1v) is 9.97. The van der Waals surface area contributed by atoms with Gasteiger partial charge < -0.3 is 14.5 Å². The van der Waals surface area contributed by atoms with E-state index in [0.29, 0.717) is 16.8 Å². The molecule has 31 heavy (non-hydrogen) atoms. The minimum Gasteiger partial charge on any atom is -0.507 e. The Kier molecular flexibility index (Phi) is 4.43. The van der Waals surface area contributed by atoms with Crippen molar-refractivity contribution in [2.75, 3.05) is 4.90 Å². The number of imidazole rings is 1. The SMILES string of the molecule is CCc1ccc(/C(O)=C2\C(=O)C(=O)N(c3nc4ccccc4[nH]3)C2c2ccco2)cc1. The van der Waals surface area contributed by atoms with Crippen molar-refractivity contribution in [3.63, 3.8) is 0 Å². The predicted molar refractivity (Wildman–Crippen MR) is 115 cm³/mol. The largest absolute Gasteiger partial charge is 0.507 e. The maximum Gasteiger partial charge on any atom is 0.302 e. The van der Waals surface area contributed by atoms with E-state index in [1.165, 1.54) is 11.2 Å². The van der Waals surface area contributed by atoms with Gasteiger partial charge in [0, 0.05) is 5.56 Å². The minimum atomic E-state index is -0.943. The number of hydrogen-bond donors (Lipinski definition) is 2. The van der Waals surface area contributed by atoms with Crippen molar-refractivity contribution in [3.05, 3.63) is 89.4 Å². The number of aromatic nitrogens is 2. The van der Waals surface area contributed by atoms with Crippen LogP contribution >= 0.6 is 0 Å². The molecule has 1 aliphatic heterocycles. The Bertz CT molecular complexity index is 1280. The molecule has 5 rings (SSSR count). The van der Waals surface area contributed by atoms with E-state index < -0.39 is 17.7 Å². The number of anilines is 1. The highest BCUT2D eigenvalue weighted by Crippen LogP contribution is 2.41. The van der Waals surface area contributed by atoms with E-state index in [1.54, 1.807) is 24.3 Å². The Morgan fingerprint density at radius 2 is 1.87 bits per heavy atom. The number of benzene rings is 2. The first-order chi connectivity index (χ1) is 15.1. The first kappa shape index (κ1) is 18.9. The molecular weight excluding hydrogens is 394 g/mol. The van der Waals surface area contributed by atoms with Crippen molar-refractivity contribution in [3.8, 4) is 0 Å². The Hall–Kier alpha value is -4.13. The molecule has 1 aliphatic rings. The van der Waals surface area contributed by atoms with Gasteiger partial charge in [-0.05, 0) is 36.2 Å². The molecule has 2 aromatic carbocycles. The van der Waals surface area contributed by atoms with Crippen molar-refractivity contribution in [2.24, 2.45) is 0 Å². The molecule has 154 valence electrons. The molecule has 1 amide bonds. The van der Waals surface area contributed by atoms with Gasteiger partial charge in [0.15, 0.2) is 0 Å². The number of rotatable bonds is 4. The van der Waals surface area contributed by atoms with Crippen molar-refractivity contribution < 1.29 is 19.1 Å². The van der Waals surface area contributed by atoms with Crippen LogP contribution in [0.4, 0.5) is 5.95 Å². The third-order valence-electron chi connectivity index (χ3n) is 5.50. The van der Waals surface area contributed by atoms with Crippen LogP contribution in [-0.4, -0.2) is 26.8 Å². The van der Waals surface area contributed by atoms with Crippen LogP contribution in [0.1, 0.15) is 29.9 Å². The van der Waals surface area contributed by atoms with E-state index in [-0.39, 0.29) is 17.3 Å². The quantitative estimate of drug-likeness (QED) is 0.294. The number of Topliss-reactive ketones (excluding diaryl/α,β-unsaturated/α-hetero) is 1. The number of carbonyl (C=O) groups excluding carboxylic acids is 2. The number of aliphatic hydroxyl groups excluding tert-OH is 1. The third-order valence-corrected chi connectivity index (χ3v) is 5.50. The molecule has 0 saturated carbocycles. The van der Waals surface area contributed by atoms with Crippen LogP contribution in [0.25, 0.3) is 16.8 Å². The van der Waals surface area contributed by atoms with Crippen LogP contribution in [0, 0.1) is 0 Å². The smallest absolute Gasteiger partial charge is 0.302 e. The van der Waals surface area contributed by atoms with Gasteiger partial charge in [-0.1, -0.05) is 43.3 Å². The van der Waals surface area contributed by atoms with E-state index >= 15 is 0 Å². The van der Waals surface area contributed by atoms with Gasteiger partial charge in [0.2, 0.25) is 5.95 Å². The number of nitrogens with zero attached hydrogens (tertiary/aromatic N) is 2. The summed E-state index contributed by atoms with van der Waals surface area (Å²) >= 11 is 0. The summed E-state index contributed by atoms with van der Waals surface area (Å²) < 4.78 is 5.56. The minimum absolute atomic E-state index is 0.0374. The summed E-state index contributed by atoms with van der Waals surface area (Å²) in [4.78, 5) is 34.9. The fourth-order valence-electron chi connectivity index (χ4n) is 3.87. The van der Waals surface area contributed by atoms with Crippen LogP contribution in [-0.2, 0) is 16.0 Å². The van der Waals surface area contributed by atoms with E-state index in [1.807, 2.05) is 43.3 Å². The summed E-state index contributed by atoms with van der Waals surface area (Å²) in [7, 11) is 0. The number of para-hydroxylation sites is 2. The monoisotopic (exact) mass is 413 g/mol. The summed E-state index contributed by atoms with van der Waals surface area (Å²) in [6, 6.07) is 17.0. The molecule has 3 heterocycles. The van der Waals surface area contributed by atoms with Gasteiger partial charge in [0.05, 0.1) is 22.9 Å². The molecule has 0 aliphatic carbocycles. The van der Waals surface area contributed by atoms with Crippen LogP contribution in [0.3, 0.4) is 0 Å². The van der Waals surface area contributed by atoms with Crippen molar-refractivity contribution >= 4 is 34.4 Å². The molecule has 0 radical (unpaired) electrons. The molecule has 1 fully saturated rings. The molecular formula is C24H19N3O4. The van der Waals surface area contributed by atoms with Crippen LogP contribution in [0.15, 0.2) is 76.9 Å². The van der Waals surface area contributed by atoms with Gasteiger partial charge in [0.1, 0.15) is 17.6 Å². The number of fused-ring (bicyclic) bond motifs is 1. The number of ketones is 1. The number of carbonyl (C=O) groups is 2. The van der Waals surface area contributed by atoms with Gasteiger partial charge in [-0.2, -0.15) is 0 Å². The molecule has 1 saturated heterocycles. The molecule has 7 nitrogen and oxygen atoms in total. The van der Waals surface area contributed by atoms with Gasteiger partial charge in [-0.25, -0.2) is 4.98 Å². The number of furan rings is 1. The predicted octanol–water partition coefficient (Wildman–Crippen LogP) is 4.34. The lowest BCUT2D eigenvalue weighted by Gasteiger charge is -2.20. The molecule has 2 N–H and O–H groups in total. The fraction of sp³-hybridized carbons (Fsp3) is 0.125. The number of amides is 1. The van der Waals surface area contributed by atoms with Gasteiger partial charge in [-0.15, -0.1) is 0 Å². The zero-order valence-electron chi connectivity index (χ0n) is 16.7. The van der Waals surface area contributed by atoms with Crippen molar-refractivity contribution in [1.29, 1.82) is 0 Å². The molecule has 1 atom stereocenters. The fourth-order valence-corrected chi connectivity index (χ4v) is 3.87. The second-order valence-electron chi connectivity index (χ2n) is 7.31. The average Bonchev–Trinajstić information content (AvgIpc) is 3.52. The van der Waals surface area contributed by atoms with Crippen molar-refractivity contribution in [1.82, 2.24) is 9.97 Å². The molecule has 7 heteroatoms. The van der Waals surface area contributed by atoms with Crippen LogP contribution in [0.2, 0.25) is 0 Å². The number of hydrogen-bond acceptors (Lipinski definition) is 5. The topological polar surface area (TPSA) is 99.4 Å². The van der Waals surface area contributed by atoms with Gasteiger partial charge in [-0.3, -0.25) is 14.5 Å². The number of aliphatic hydroxyl groups is 1. The maximum absolute atomic E-state index is 13.1. The number of aromatic amines is 1. The van der Waals surface area contributed by atoms with Gasteiger partial charge >= 0.3 is 5.91 Å². The van der Waals surface area contributed by atoms with E-state index in [9.17, 15) is 14.7 Å². The summed E-state index contributed by atoms with van der Waals surface area (Å²) in [6.45, 7) is 2.03. The summed E-state index contributed by atoms with van der Waals surface area (Å²) in [6.07, 6.45) is 2.31. The molecule has 4 aromatic rings. The summed E-state index contributed by atoms with van der Waals surface area (Å²) in [5.74, 6) is -1.26. The van der Waals surface area contributed by atoms with E-state index in [4.69, 9.17) is 4.42 Å². The number of H-pyrrole nitrogens is 1. The second-order valence-corrected chi connectivity index (χ2v) is 7.31. The van der Waals surface area contributed by atoms with E-state index in [2.05, 4.69) is 9.97 Å². The second kappa shape index (κ2) is 7.28. The Balaban J connectivity index is 1.69. The van der Waals surface area contributed by atoms with Crippen molar-refractivity contribution in [2.45, 2.75) is 19.4 Å².